The smallest absolute Gasteiger partial charge is 0.240 e. The molecule has 1 unspecified atom stereocenters. The minimum absolute atomic E-state index is 0.00951. The van der Waals surface area contributed by atoms with E-state index in [1.807, 2.05) is 13.1 Å². The zero-order chi connectivity index (χ0) is 13.7. The van der Waals surface area contributed by atoms with E-state index in [-0.39, 0.29) is 6.10 Å². The van der Waals surface area contributed by atoms with Crippen molar-refractivity contribution in [3.63, 3.8) is 0 Å². The highest BCUT2D eigenvalue weighted by atomic mass is 32.2. The molecule has 2 rings (SSSR count). The zero-order valence-corrected chi connectivity index (χ0v) is 11.9. The Bertz CT molecular complexity index is 510. The Balaban J connectivity index is 2.03. The van der Waals surface area contributed by atoms with Gasteiger partial charge in [0.2, 0.25) is 10.0 Å². The predicted molar refractivity (Wildman–Crippen MR) is 73.4 cm³/mol. The van der Waals surface area contributed by atoms with Crippen LogP contribution in [0.25, 0.3) is 0 Å². The second kappa shape index (κ2) is 6.47. The topological polar surface area (TPSA) is 67.4 Å². The molecule has 5 nitrogen and oxygen atoms in total. The van der Waals surface area contributed by atoms with Gasteiger partial charge in [0.1, 0.15) is 0 Å². The second-order valence-electron chi connectivity index (χ2n) is 4.66. The Morgan fingerprint density at radius 3 is 2.95 bits per heavy atom. The average Bonchev–Trinajstić information content (AvgIpc) is 2.90. The first-order valence-corrected chi connectivity index (χ1v) is 7.95. The van der Waals surface area contributed by atoms with E-state index in [0.29, 0.717) is 18.0 Å². The molecule has 106 valence electrons. The maximum Gasteiger partial charge on any atom is 0.240 e. The largest absolute Gasteiger partial charge is 0.377 e. The maximum absolute atomic E-state index is 12.2. The predicted octanol–water partition coefficient (Wildman–Crippen LogP) is 0.863. The molecule has 6 heteroatoms. The average molecular weight is 284 g/mol. The van der Waals surface area contributed by atoms with Crippen LogP contribution in [0.3, 0.4) is 0 Å². The van der Waals surface area contributed by atoms with E-state index in [4.69, 9.17) is 4.74 Å². The van der Waals surface area contributed by atoms with Gasteiger partial charge >= 0.3 is 0 Å². The summed E-state index contributed by atoms with van der Waals surface area (Å²) in [5.41, 5.74) is 0.947. The molecule has 1 saturated heterocycles. The first kappa shape index (κ1) is 14.5. The van der Waals surface area contributed by atoms with Crippen LogP contribution in [0.1, 0.15) is 18.4 Å². The van der Waals surface area contributed by atoms with Crippen LogP contribution in [0, 0.1) is 0 Å². The van der Waals surface area contributed by atoms with Crippen molar-refractivity contribution in [1.82, 2.24) is 10.0 Å². The van der Waals surface area contributed by atoms with Gasteiger partial charge in [-0.25, -0.2) is 13.1 Å². The molecule has 0 aromatic heterocycles. The molecule has 1 atom stereocenters. The molecule has 1 aliphatic heterocycles. The fraction of sp³-hybridized carbons (Fsp3) is 0.538. The van der Waals surface area contributed by atoms with Gasteiger partial charge in [-0.05, 0) is 37.6 Å². The lowest BCUT2D eigenvalue weighted by molar-refractivity contribution is 0.114. The molecule has 1 aromatic carbocycles. The second-order valence-corrected chi connectivity index (χ2v) is 6.43. The monoisotopic (exact) mass is 284 g/mol. The lowest BCUT2D eigenvalue weighted by Gasteiger charge is -2.12. The minimum Gasteiger partial charge on any atom is -0.377 e. The van der Waals surface area contributed by atoms with E-state index < -0.39 is 10.0 Å². The molecule has 0 bridgehead atoms. The highest BCUT2D eigenvalue weighted by molar-refractivity contribution is 7.89. The van der Waals surface area contributed by atoms with Gasteiger partial charge < -0.3 is 10.1 Å². The van der Waals surface area contributed by atoms with Crippen molar-refractivity contribution in [2.45, 2.75) is 30.4 Å². The molecular formula is C13H20N2O3S. The van der Waals surface area contributed by atoms with Gasteiger partial charge in [-0.15, -0.1) is 0 Å². The number of nitrogens with one attached hydrogen (secondary N) is 2. The van der Waals surface area contributed by atoms with Crippen LogP contribution in [0.4, 0.5) is 0 Å². The number of hydrogen-bond donors (Lipinski definition) is 2. The maximum atomic E-state index is 12.2. The fourth-order valence-corrected chi connectivity index (χ4v) is 3.25. The van der Waals surface area contributed by atoms with Crippen molar-refractivity contribution >= 4 is 10.0 Å². The van der Waals surface area contributed by atoms with E-state index in [9.17, 15) is 8.42 Å². The van der Waals surface area contributed by atoms with E-state index in [0.717, 1.165) is 25.0 Å². The summed E-state index contributed by atoms with van der Waals surface area (Å²) in [7, 11) is -1.62. The molecular weight excluding hydrogens is 264 g/mol. The van der Waals surface area contributed by atoms with Gasteiger partial charge in [0.15, 0.2) is 0 Å². The van der Waals surface area contributed by atoms with Crippen molar-refractivity contribution in [2.75, 3.05) is 20.2 Å². The van der Waals surface area contributed by atoms with Crippen molar-refractivity contribution < 1.29 is 13.2 Å². The summed E-state index contributed by atoms with van der Waals surface area (Å²) in [4.78, 5) is 0.304. The van der Waals surface area contributed by atoms with Crippen LogP contribution < -0.4 is 10.0 Å². The van der Waals surface area contributed by atoms with Crippen LogP contribution in [-0.2, 0) is 21.3 Å². The van der Waals surface area contributed by atoms with Crippen LogP contribution in [-0.4, -0.2) is 34.7 Å². The van der Waals surface area contributed by atoms with E-state index in [1.165, 1.54) is 0 Å². The van der Waals surface area contributed by atoms with Crippen LogP contribution in [0.15, 0.2) is 29.2 Å². The fourth-order valence-electron chi connectivity index (χ4n) is 2.12. The molecule has 0 amide bonds. The van der Waals surface area contributed by atoms with Crippen molar-refractivity contribution in [2.24, 2.45) is 0 Å². The summed E-state index contributed by atoms with van der Waals surface area (Å²) in [6.45, 7) is 1.72. The van der Waals surface area contributed by atoms with Crippen LogP contribution in [0.5, 0.6) is 0 Å². The zero-order valence-electron chi connectivity index (χ0n) is 11.1. The summed E-state index contributed by atoms with van der Waals surface area (Å²) < 4.78 is 32.3. The van der Waals surface area contributed by atoms with Gasteiger partial charge in [0.05, 0.1) is 11.0 Å². The molecule has 1 fully saturated rings. The Hall–Kier alpha value is -0.950. The quantitative estimate of drug-likeness (QED) is 0.813. The highest BCUT2D eigenvalue weighted by Crippen LogP contribution is 2.14. The minimum atomic E-state index is -3.45. The Morgan fingerprint density at radius 2 is 2.26 bits per heavy atom. The number of hydrogen-bond acceptors (Lipinski definition) is 4. The SMILES string of the molecule is CNCc1cccc(S(=O)(=O)NCC2CCCO2)c1. The third-order valence-corrected chi connectivity index (χ3v) is 4.54. The van der Waals surface area contributed by atoms with E-state index in [2.05, 4.69) is 10.0 Å². The highest BCUT2D eigenvalue weighted by Gasteiger charge is 2.20. The summed E-state index contributed by atoms with van der Waals surface area (Å²) in [5.74, 6) is 0. The first-order chi connectivity index (χ1) is 9.12. The normalized spacial score (nSPS) is 19.7. The lowest BCUT2D eigenvalue weighted by Crippen LogP contribution is -2.31. The molecule has 1 aromatic rings. The molecule has 1 aliphatic rings. The summed E-state index contributed by atoms with van der Waals surface area (Å²) in [6.07, 6.45) is 1.93. The first-order valence-electron chi connectivity index (χ1n) is 6.46. The van der Waals surface area contributed by atoms with Gasteiger partial charge in [-0.3, -0.25) is 0 Å². The Morgan fingerprint density at radius 1 is 1.42 bits per heavy atom. The summed E-state index contributed by atoms with van der Waals surface area (Å²) in [5, 5.41) is 3.00. The van der Waals surface area contributed by atoms with Crippen LogP contribution >= 0.6 is 0 Å². The molecule has 1 heterocycles. The summed E-state index contributed by atoms with van der Waals surface area (Å²) >= 11 is 0. The molecule has 0 saturated carbocycles. The molecule has 2 N–H and O–H groups in total. The standard InChI is InChI=1S/C13H20N2O3S/c1-14-9-11-4-2-6-13(8-11)19(16,17)15-10-12-5-3-7-18-12/h2,4,6,8,12,14-15H,3,5,7,9-10H2,1H3. The van der Waals surface area contributed by atoms with E-state index >= 15 is 0 Å². The number of benzene rings is 1. The van der Waals surface area contributed by atoms with Crippen molar-refractivity contribution in [3.05, 3.63) is 29.8 Å². The third kappa shape index (κ3) is 4.01. The third-order valence-electron chi connectivity index (χ3n) is 3.11. The van der Waals surface area contributed by atoms with Gasteiger partial charge in [-0.1, -0.05) is 12.1 Å². The van der Waals surface area contributed by atoms with E-state index in [1.54, 1.807) is 18.2 Å². The van der Waals surface area contributed by atoms with Crippen molar-refractivity contribution in [1.29, 1.82) is 0 Å². The molecule has 0 spiro atoms. The molecule has 19 heavy (non-hydrogen) atoms. The number of ether oxygens (including phenoxy) is 1. The summed E-state index contributed by atoms with van der Waals surface area (Å²) in [6, 6.07) is 6.95. The van der Waals surface area contributed by atoms with Crippen molar-refractivity contribution in [3.8, 4) is 0 Å². The number of sulfonamides is 1. The Kier molecular flexibility index (Phi) is 4.93. The van der Waals surface area contributed by atoms with Gasteiger partial charge in [0, 0.05) is 19.7 Å². The number of rotatable bonds is 6. The molecule has 0 aliphatic carbocycles. The Labute approximate surface area is 114 Å². The van der Waals surface area contributed by atoms with Gasteiger partial charge in [-0.2, -0.15) is 0 Å². The van der Waals surface area contributed by atoms with Gasteiger partial charge in [0.25, 0.3) is 0 Å². The molecule has 0 radical (unpaired) electrons. The lowest BCUT2D eigenvalue weighted by atomic mass is 10.2. The van der Waals surface area contributed by atoms with Crippen LogP contribution in [0.2, 0.25) is 0 Å².